The highest BCUT2D eigenvalue weighted by Crippen LogP contribution is 2.34. The number of aromatic nitrogens is 2. The van der Waals surface area contributed by atoms with Crippen molar-refractivity contribution in [2.75, 3.05) is 12.3 Å². The molecular weight excluding hydrogens is 424 g/mol. The number of rotatable bonds is 5. The number of benzene rings is 2. The monoisotopic (exact) mass is 444 g/mol. The highest BCUT2D eigenvalue weighted by atomic mass is 32.2. The predicted molar refractivity (Wildman–Crippen MR) is 126 cm³/mol. The molecule has 7 heteroatoms. The summed E-state index contributed by atoms with van der Waals surface area (Å²) >= 11 is 2.92. The second-order valence-corrected chi connectivity index (χ2v) is 9.47. The second-order valence-electron chi connectivity index (χ2n) is 7.45. The Morgan fingerprint density at radius 2 is 1.84 bits per heavy atom. The summed E-state index contributed by atoms with van der Waals surface area (Å²) in [5, 5.41) is 10.4. The Kier molecular flexibility index (Phi) is 5.60. The van der Waals surface area contributed by atoms with Crippen molar-refractivity contribution in [1.29, 1.82) is 5.26 Å². The molecule has 1 aliphatic rings. The third kappa shape index (κ3) is 3.90. The van der Waals surface area contributed by atoms with Crippen LogP contribution in [0.3, 0.4) is 0 Å². The number of hydrogen-bond donors (Lipinski definition) is 0. The van der Waals surface area contributed by atoms with Crippen molar-refractivity contribution < 1.29 is 0 Å². The maximum atomic E-state index is 13.6. The lowest BCUT2D eigenvalue weighted by molar-refractivity contribution is 0.249. The van der Waals surface area contributed by atoms with Crippen LogP contribution in [0.15, 0.2) is 70.6 Å². The number of nitrogens with zero attached hydrogens (tertiary/aromatic N) is 4. The number of fused-ring (bicyclic) bond motifs is 3. The molecule has 0 atom stereocenters. The van der Waals surface area contributed by atoms with E-state index in [-0.39, 0.29) is 11.3 Å². The molecule has 4 aromatic rings. The van der Waals surface area contributed by atoms with E-state index in [9.17, 15) is 4.79 Å². The first-order valence-corrected chi connectivity index (χ1v) is 11.9. The fraction of sp³-hybridized carbons (Fsp3) is 0.208. The molecule has 0 N–H and O–H groups in total. The SMILES string of the molecule is N#CCSc1nc2sc3c(c2c(=O)n1-c1ccccc1)CCN(Cc1ccccc1)C3. The van der Waals surface area contributed by atoms with E-state index in [1.54, 1.807) is 15.9 Å². The minimum atomic E-state index is -0.0364. The van der Waals surface area contributed by atoms with Crippen LogP contribution in [0.4, 0.5) is 0 Å². The highest BCUT2D eigenvalue weighted by Gasteiger charge is 2.25. The van der Waals surface area contributed by atoms with Crippen molar-refractivity contribution in [3.63, 3.8) is 0 Å². The van der Waals surface area contributed by atoms with Gasteiger partial charge < -0.3 is 0 Å². The standard InChI is InChI=1S/C24H20N4OS2/c25-12-14-30-24-26-22-21(23(29)28(24)18-9-5-2-6-10-18)19-11-13-27(16-20(19)31-22)15-17-7-3-1-4-8-17/h1-10H,11,13-16H2. The van der Waals surface area contributed by atoms with Crippen LogP contribution < -0.4 is 5.56 Å². The van der Waals surface area contributed by atoms with Gasteiger partial charge in [0.2, 0.25) is 0 Å². The summed E-state index contributed by atoms with van der Waals surface area (Å²) in [6.45, 7) is 2.65. The fourth-order valence-electron chi connectivity index (χ4n) is 4.05. The molecule has 0 unspecified atom stereocenters. The summed E-state index contributed by atoms with van der Waals surface area (Å²) in [5.74, 6) is 0.251. The smallest absolute Gasteiger partial charge is 0.267 e. The van der Waals surface area contributed by atoms with Gasteiger partial charge in [0.1, 0.15) is 4.83 Å². The second kappa shape index (κ2) is 8.67. The molecule has 0 spiro atoms. The molecular formula is C24H20N4OS2. The van der Waals surface area contributed by atoms with Crippen LogP contribution in [0.25, 0.3) is 15.9 Å². The number of para-hydroxylation sites is 1. The summed E-state index contributed by atoms with van der Waals surface area (Å²) in [7, 11) is 0. The first-order valence-electron chi connectivity index (χ1n) is 10.1. The zero-order chi connectivity index (χ0) is 21.2. The zero-order valence-electron chi connectivity index (χ0n) is 16.8. The van der Waals surface area contributed by atoms with E-state index in [4.69, 9.17) is 10.2 Å². The summed E-state index contributed by atoms with van der Waals surface area (Å²) in [4.78, 5) is 22.9. The summed E-state index contributed by atoms with van der Waals surface area (Å²) in [6, 6.07) is 22.2. The van der Waals surface area contributed by atoms with Crippen LogP contribution in [0, 0.1) is 11.3 Å². The Morgan fingerprint density at radius 1 is 1.10 bits per heavy atom. The van der Waals surface area contributed by atoms with E-state index in [0.717, 1.165) is 47.5 Å². The molecule has 3 heterocycles. The van der Waals surface area contributed by atoms with Crippen LogP contribution in [-0.2, 0) is 19.5 Å². The maximum absolute atomic E-state index is 13.6. The number of thiophene rings is 1. The van der Waals surface area contributed by atoms with Crippen molar-refractivity contribution in [2.45, 2.75) is 24.7 Å². The van der Waals surface area contributed by atoms with Gasteiger partial charge in [-0.25, -0.2) is 4.98 Å². The maximum Gasteiger partial charge on any atom is 0.267 e. The Labute approximate surface area is 188 Å². The first kappa shape index (κ1) is 20.0. The molecule has 1 aliphatic heterocycles. The molecule has 0 amide bonds. The fourth-order valence-corrected chi connectivity index (χ4v) is 6.03. The average molecular weight is 445 g/mol. The molecule has 31 heavy (non-hydrogen) atoms. The van der Waals surface area contributed by atoms with Crippen molar-refractivity contribution in [3.05, 3.63) is 87.0 Å². The van der Waals surface area contributed by atoms with E-state index >= 15 is 0 Å². The van der Waals surface area contributed by atoms with E-state index in [1.807, 2.05) is 36.4 Å². The summed E-state index contributed by atoms with van der Waals surface area (Å²) in [5.41, 5.74) is 3.18. The largest absolute Gasteiger partial charge is 0.294 e. The van der Waals surface area contributed by atoms with E-state index in [1.165, 1.54) is 22.2 Å². The van der Waals surface area contributed by atoms with Crippen molar-refractivity contribution in [1.82, 2.24) is 14.5 Å². The molecule has 0 saturated carbocycles. The van der Waals surface area contributed by atoms with E-state index < -0.39 is 0 Å². The molecule has 0 fully saturated rings. The Morgan fingerprint density at radius 3 is 2.58 bits per heavy atom. The van der Waals surface area contributed by atoms with Crippen LogP contribution in [0.1, 0.15) is 16.0 Å². The van der Waals surface area contributed by atoms with Crippen molar-refractivity contribution in [3.8, 4) is 11.8 Å². The summed E-state index contributed by atoms with van der Waals surface area (Å²) < 4.78 is 1.66. The van der Waals surface area contributed by atoms with Gasteiger partial charge in [-0.1, -0.05) is 60.3 Å². The topological polar surface area (TPSA) is 61.9 Å². The molecule has 0 saturated heterocycles. The molecule has 2 aromatic carbocycles. The van der Waals surface area contributed by atoms with Gasteiger partial charge in [-0.15, -0.1) is 11.3 Å². The van der Waals surface area contributed by atoms with Gasteiger partial charge in [0, 0.05) is 24.5 Å². The van der Waals surface area contributed by atoms with E-state index in [2.05, 4.69) is 35.2 Å². The third-order valence-electron chi connectivity index (χ3n) is 5.45. The van der Waals surface area contributed by atoms with Crippen LogP contribution >= 0.6 is 23.1 Å². The van der Waals surface area contributed by atoms with Crippen molar-refractivity contribution in [2.24, 2.45) is 0 Å². The highest BCUT2D eigenvalue weighted by molar-refractivity contribution is 7.99. The Hall–Kier alpha value is -2.92. The molecule has 5 nitrogen and oxygen atoms in total. The molecule has 0 radical (unpaired) electrons. The van der Waals surface area contributed by atoms with Gasteiger partial charge in [-0.05, 0) is 29.7 Å². The minimum absolute atomic E-state index is 0.0364. The third-order valence-corrected chi connectivity index (χ3v) is 7.37. The summed E-state index contributed by atoms with van der Waals surface area (Å²) in [6.07, 6.45) is 0.846. The number of hydrogen-bond acceptors (Lipinski definition) is 6. The quantitative estimate of drug-likeness (QED) is 0.332. The van der Waals surface area contributed by atoms with Crippen LogP contribution in [0.2, 0.25) is 0 Å². The van der Waals surface area contributed by atoms with Gasteiger partial charge in [0.25, 0.3) is 5.56 Å². The normalized spacial score (nSPS) is 13.8. The number of nitriles is 1. The molecule has 2 aromatic heterocycles. The molecule has 0 bridgehead atoms. The van der Waals surface area contributed by atoms with Gasteiger partial charge in [0.05, 0.1) is 22.9 Å². The van der Waals surface area contributed by atoms with Crippen LogP contribution in [0.5, 0.6) is 0 Å². The lowest BCUT2D eigenvalue weighted by atomic mass is 10.0. The average Bonchev–Trinajstić information content (AvgIpc) is 3.17. The lowest BCUT2D eigenvalue weighted by Crippen LogP contribution is -2.30. The van der Waals surface area contributed by atoms with E-state index in [0.29, 0.717) is 5.16 Å². The molecule has 5 rings (SSSR count). The predicted octanol–water partition coefficient (Wildman–Crippen LogP) is 4.62. The Balaban J connectivity index is 1.57. The zero-order valence-corrected chi connectivity index (χ0v) is 18.5. The van der Waals surface area contributed by atoms with Gasteiger partial charge >= 0.3 is 0 Å². The lowest BCUT2D eigenvalue weighted by Gasteiger charge is -2.26. The first-order chi connectivity index (χ1) is 15.2. The van der Waals surface area contributed by atoms with Gasteiger partial charge in [-0.2, -0.15) is 5.26 Å². The number of thioether (sulfide) groups is 1. The van der Waals surface area contributed by atoms with Crippen LogP contribution in [-0.4, -0.2) is 26.7 Å². The molecule has 0 aliphatic carbocycles. The van der Waals surface area contributed by atoms with Gasteiger partial charge in [-0.3, -0.25) is 14.3 Å². The van der Waals surface area contributed by atoms with Crippen molar-refractivity contribution >= 4 is 33.3 Å². The minimum Gasteiger partial charge on any atom is -0.294 e. The van der Waals surface area contributed by atoms with Gasteiger partial charge in [0.15, 0.2) is 5.16 Å². The molecule has 154 valence electrons. The Bertz CT molecular complexity index is 1320.